The van der Waals surface area contributed by atoms with Crippen molar-refractivity contribution in [2.75, 3.05) is 13.7 Å². The van der Waals surface area contributed by atoms with Crippen molar-refractivity contribution >= 4 is 0 Å². The van der Waals surface area contributed by atoms with E-state index in [9.17, 15) is 5.11 Å². The Morgan fingerprint density at radius 2 is 1.73 bits per heavy atom. The van der Waals surface area contributed by atoms with E-state index in [4.69, 9.17) is 4.74 Å². The molecule has 90 valence electrons. The van der Waals surface area contributed by atoms with Gasteiger partial charge in [-0.3, -0.25) is 0 Å². The highest BCUT2D eigenvalue weighted by atomic mass is 16.5. The van der Waals surface area contributed by atoms with E-state index in [1.807, 2.05) is 0 Å². The molecule has 2 heteroatoms. The van der Waals surface area contributed by atoms with Crippen LogP contribution in [0.2, 0.25) is 0 Å². The Bertz CT molecular complexity index is 175. The highest BCUT2D eigenvalue weighted by Crippen LogP contribution is 2.40. The smallest absolute Gasteiger partial charge is 0.0801 e. The third-order valence-corrected chi connectivity index (χ3v) is 3.88. The lowest BCUT2D eigenvalue weighted by atomic mass is 9.69. The minimum absolute atomic E-state index is 0.254. The molecule has 15 heavy (non-hydrogen) atoms. The van der Waals surface area contributed by atoms with Crippen molar-refractivity contribution in [3.8, 4) is 0 Å². The number of rotatable bonds is 3. The van der Waals surface area contributed by atoms with Gasteiger partial charge in [-0.25, -0.2) is 0 Å². The number of hydrogen-bond acceptors (Lipinski definition) is 2. The van der Waals surface area contributed by atoms with Crippen LogP contribution in [0.5, 0.6) is 0 Å². The van der Waals surface area contributed by atoms with Gasteiger partial charge in [0, 0.05) is 7.11 Å². The second-order valence-corrected chi connectivity index (χ2v) is 6.00. The predicted molar refractivity (Wildman–Crippen MR) is 62.8 cm³/mol. The van der Waals surface area contributed by atoms with Crippen LogP contribution < -0.4 is 0 Å². The SMILES string of the molecule is COCC(O)C1CCC(C(C)(C)C)CC1. The van der Waals surface area contributed by atoms with Crippen molar-refractivity contribution in [2.24, 2.45) is 17.3 Å². The summed E-state index contributed by atoms with van der Waals surface area (Å²) < 4.78 is 5.00. The molecule has 1 rings (SSSR count). The molecular formula is C13H26O2. The van der Waals surface area contributed by atoms with Crippen LogP contribution in [-0.4, -0.2) is 24.9 Å². The number of hydrogen-bond donors (Lipinski definition) is 1. The van der Waals surface area contributed by atoms with Gasteiger partial charge in [0.15, 0.2) is 0 Å². The summed E-state index contributed by atoms with van der Waals surface area (Å²) >= 11 is 0. The molecule has 1 aliphatic rings. The van der Waals surface area contributed by atoms with Crippen LogP contribution in [-0.2, 0) is 4.74 Å². The van der Waals surface area contributed by atoms with Crippen LogP contribution in [0.3, 0.4) is 0 Å². The van der Waals surface area contributed by atoms with E-state index in [2.05, 4.69) is 20.8 Å². The van der Waals surface area contributed by atoms with E-state index >= 15 is 0 Å². The minimum atomic E-state index is -0.254. The largest absolute Gasteiger partial charge is 0.390 e. The Morgan fingerprint density at radius 3 is 2.13 bits per heavy atom. The maximum atomic E-state index is 9.84. The van der Waals surface area contributed by atoms with E-state index in [0.717, 1.165) is 18.8 Å². The summed E-state index contributed by atoms with van der Waals surface area (Å²) in [5, 5.41) is 9.84. The first kappa shape index (κ1) is 13.0. The van der Waals surface area contributed by atoms with Crippen LogP contribution in [0.4, 0.5) is 0 Å². The first-order valence-corrected chi connectivity index (χ1v) is 6.12. The van der Waals surface area contributed by atoms with Gasteiger partial charge in [0.2, 0.25) is 0 Å². The van der Waals surface area contributed by atoms with Crippen molar-refractivity contribution in [3.05, 3.63) is 0 Å². The van der Waals surface area contributed by atoms with Crippen molar-refractivity contribution < 1.29 is 9.84 Å². The highest BCUT2D eigenvalue weighted by Gasteiger charge is 2.32. The molecule has 1 saturated carbocycles. The monoisotopic (exact) mass is 214 g/mol. The molecule has 0 spiro atoms. The van der Waals surface area contributed by atoms with E-state index in [1.165, 1.54) is 12.8 Å². The molecular weight excluding hydrogens is 188 g/mol. The summed E-state index contributed by atoms with van der Waals surface area (Å²) in [6, 6.07) is 0. The van der Waals surface area contributed by atoms with Gasteiger partial charge in [-0.15, -0.1) is 0 Å². The molecule has 0 aromatic rings. The molecule has 0 aromatic heterocycles. The van der Waals surface area contributed by atoms with Crippen LogP contribution in [0.15, 0.2) is 0 Å². The topological polar surface area (TPSA) is 29.5 Å². The molecule has 1 fully saturated rings. The van der Waals surface area contributed by atoms with Gasteiger partial charge in [0.25, 0.3) is 0 Å². The molecule has 0 heterocycles. The molecule has 0 radical (unpaired) electrons. The second-order valence-electron chi connectivity index (χ2n) is 6.00. The fourth-order valence-electron chi connectivity index (χ4n) is 2.68. The van der Waals surface area contributed by atoms with Crippen LogP contribution in [0.1, 0.15) is 46.5 Å². The average Bonchev–Trinajstić information content (AvgIpc) is 2.17. The van der Waals surface area contributed by atoms with Crippen LogP contribution in [0, 0.1) is 17.3 Å². The highest BCUT2D eigenvalue weighted by molar-refractivity contribution is 4.82. The summed E-state index contributed by atoms with van der Waals surface area (Å²) in [5.41, 5.74) is 0.428. The van der Waals surface area contributed by atoms with Gasteiger partial charge in [-0.05, 0) is 42.9 Å². The number of aliphatic hydroxyl groups is 1. The zero-order chi connectivity index (χ0) is 11.5. The summed E-state index contributed by atoms with van der Waals surface area (Å²) in [5.74, 6) is 1.28. The normalized spacial score (nSPS) is 30.2. The fourth-order valence-corrected chi connectivity index (χ4v) is 2.68. The lowest BCUT2D eigenvalue weighted by Gasteiger charge is -2.38. The van der Waals surface area contributed by atoms with Gasteiger partial charge >= 0.3 is 0 Å². The Labute approximate surface area is 94.0 Å². The van der Waals surface area contributed by atoms with Crippen molar-refractivity contribution in [1.29, 1.82) is 0 Å². The summed E-state index contributed by atoms with van der Waals surface area (Å²) in [6.07, 6.45) is 4.58. The molecule has 0 aliphatic heterocycles. The molecule has 1 N–H and O–H groups in total. The van der Waals surface area contributed by atoms with Gasteiger partial charge < -0.3 is 9.84 Å². The van der Waals surface area contributed by atoms with E-state index in [-0.39, 0.29) is 6.10 Å². The predicted octanol–water partition coefficient (Wildman–Crippen LogP) is 2.85. The zero-order valence-electron chi connectivity index (χ0n) is 10.6. The summed E-state index contributed by atoms with van der Waals surface area (Å²) in [7, 11) is 1.66. The van der Waals surface area contributed by atoms with Gasteiger partial charge in [-0.2, -0.15) is 0 Å². The third kappa shape index (κ3) is 3.76. The fraction of sp³-hybridized carbons (Fsp3) is 1.00. The van der Waals surface area contributed by atoms with E-state index < -0.39 is 0 Å². The molecule has 0 aromatic carbocycles. The minimum Gasteiger partial charge on any atom is -0.390 e. The van der Waals surface area contributed by atoms with Gasteiger partial charge in [0.1, 0.15) is 0 Å². The van der Waals surface area contributed by atoms with E-state index in [0.29, 0.717) is 17.9 Å². The molecule has 1 unspecified atom stereocenters. The van der Waals surface area contributed by atoms with Crippen molar-refractivity contribution in [1.82, 2.24) is 0 Å². The molecule has 1 aliphatic carbocycles. The Kier molecular flexibility index (Phi) is 4.60. The van der Waals surface area contributed by atoms with Crippen LogP contribution in [0.25, 0.3) is 0 Å². The zero-order valence-corrected chi connectivity index (χ0v) is 10.6. The van der Waals surface area contributed by atoms with Crippen LogP contribution >= 0.6 is 0 Å². The molecule has 0 bridgehead atoms. The lowest BCUT2D eigenvalue weighted by Crippen LogP contribution is -2.32. The Morgan fingerprint density at radius 1 is 1.20 bits per heavy atom. The van der Waals surface area contributed by atoms with Crippen molar-refractivity contribution in [2.45, 2.75) is 52.6 Å². The average molecular weight is 214 g/mol. The molecule has 0 amide bonds. The number of aliphatic hydroxyl groups excluding tert-OH is 1. The standard InChI is InChI=1S/C13H26O2/c1-13(2,3)11-7-5-10(6-8-11)12(14)9-15-4/h10-12,14H,5-9H2,1-4H3. The maximum absolute atomic E-state index is 9.84. The molecule has 1 atom stereocenters. The Hall–Kier alpha value is -0.0800. The van der Waals surface area contributed by atoms with Crippen molar-refractivity contribution in [3.63, 3.8) is 0 Å². The lowest BCUT2D eigenvalue weighted by molar-refractivity contribution is 0.000384. The third-order valence-electron chi connectivity index (χ3n) is 3.88. The summed E-state index contributed by atoms with van der Waals surface area (Å²) in [4.78, 5) is 0. The van der Waals surface area contributed by atoms with E-state index in [1.54, 1.807) is 7.11 Å². The van der Waals surface area contributed by atoms with Gasteiger partial charge in [-0.1, -0.05) is 20.8 Å². The second kappa shape index (κ2) is 5.31. The Balaban J connectivity index is 2.36. The van der Waals surface area contributed by atoms with Gasteiger partial charge in [0.05, 0.1) is 12.7 Å². The quantitative estimate of drug-likeness (QED) is 0.783. The first-order chi connectivity index (χ1) is 6.95. The maximum Gasteiger partial charge on any atom is 0.0801 e. The number of methoxy groups -OCH3 is 1. The summed E-state index contributed by atoms with van der Waals surface area (Å²) in [6.45, 7) is 7.46. The first-order valence-electron chi connectivity index (χ1n) is 6.12. The molecule has 0 saturated heterocycles. The molecule has 2 nitrogen and oxygen atoms in total. The number of ether oxygens (including phenoxy) is 1.